The van der Waals surface area contributed by atoms with E-state index in [1.807, 2.05) is 12.1 Å². The lowest BCUT2D eigenvalue weighted by atomic mass is 10.0. The first kappa shape index (κ1) is 17.7. The van der Waals surface area contributed by atoms with Crippen molar-refractivity contribution in [3.63, 3.8) is 0 Å². The fourth-order valence-electron chi connectivity index (χ4n) is 2.19. The number of ether oxygens (including phenoxy) is 1. The molecule has 1 rings (SSSR count). The van der Waals surface area contributed by atoms with Crippen molar-refractivity contribution in [1.29, 1.82) is 0 Å². The number of carbonyl (C=O) groups excluding carboxylic acids is 1. The smallest absolute Gasteiger partial charge is 0.159 e. The molecular weight excluding hydrogens is 264 g/mol. The van der Waals surface area contributed by atoms with Crippen LogP contribution in [0.3, 0.4) is 0 Å². The molecule has 21 heavy (non-hydrogen) atoms. The number of methoxy groups -OCH3 is 1. The van der Waals surface area contributed by atoms with Gasteiger partial charge >= 0.3 is 0 Å². The number of ketones is 1. The zero-order chi connectivity index (χ0) is 16.0. The lowest BCUT2D eigenvalue weighted by molar-refractivity contribution is 0.101. The monoisotopic (exact) mass is 292 g/mol. The Morgan fingerprint density at radius 1 is 1.38 bits per heavy atom. The lowest BCUT2D eigenvalue weighted by Gasteiger charge is -2.22. The Morgan fingerprint density at radius 3 is 2.57 bits per heavy atom. The summed E-state index contributed by atoms with van der Waals surface area (Å²) in [6, 6.07) is 5.80. The molecule has 1 unspecified atom stereocenters. The Morgan fingerprint density at radius 2 is 2.05 bits per heavy atom. The van der Waals surface area contributed by atoms with Crippen molar-refractivity contribution in [2.75, 3.05) is 20.7 Å². The Hall–Kier alpha value is -1.39. The number of nitrogens with zero attached hydrogens (tertiary/aromatic N) is 1. The summed E-state index contributed by atoms with van der Waals surface area (Å²) in [4.78, 5) is 13.7. The highest BCUT2D eigenvalue weighted by Gasteiger charge is 2.12. The van der Waals surface area contributed by atoms with Gasteiger partial charge in [0, 0.05) is 23.7 Å². The Balaban J connectivity index is 2.72. The molecule has 1 aromatic rings. The van der Waals surface area contributed by atoms with Crippen LogP contribution in [-0.2, 0) is 6.54 Å². The predicted octanol–water partition coefficient (Wildman–Crippen LogP) is 2.70. The van der Waals surface area contributed by atoms with E-state index in [4.69, 9.17) is 10.5 Å². The molecule has 1 atom stereocenters. The maximum atomic E-state index is 11.5. The summed E-state index contributed by atoms with van der Waals surface area (Å²) in [5.41, 5.74) is 7.84. The maximum absolute atomic E-state index is 11.5. The number of nitrogens with two attached hydrogens (primary N) is 1. The van der Waals surface area contributed by atoms with Crippen molar-refractivity contribution in [2.24, 2.45) is 11.7 Å². The Bertz CT molecular complexity index is 472. The van der Waals surface area contributed by atoms with Gasteiger partial charge in [-0.05, 0) is 51.1 Å². The van der Waals surface area contributed by atoms with Crippen molar-refractivity contribution in [1.82, 2.24) is 4.90 Å². The van der Waals surface area contributed by atoms with Gasteiger partial charge in [0.05, 0.1) is 7.11 Å². The first-order chi connectivity index (χ1) is 9.85. The second kappa shape index (κ2) is 8.15. The average Bonchev–Trinajstić information content (AvgIpc) is 2.44. The van der Waals surface area contributed by atoms with Crippen LogP contribution in [0.2, 0.25) is 0 Å². The molecule has 0 aliphatic carbocycles. The number of benzene rings is 1. The zero-order valence-corrected chi connectivity index (χ0v) is 13.8. The summed E-state index contributed by atoms with van der Waals surface area (Å²) >= 11 is 0. The van der Waals surface area contributed by atoms with Crippen molar-refractivity contribution in [2.45, 2.75) is 39.8 Å². The van der Waals surface area contributed by atoms with E-state index in [1.165, 1.54) is 0 Å². The third-order valence-corrected chi connectivity index (χ3v) is 3.83. The largest absolute Gasteiger partial charge is 0.496 e. The minimum Gasteiger partial charge on any atom is -0.496 e. The van der Waals surface area contributed by atoms with Crippen molar-refractivity contribution >= 4 is 5.78 Å². The third-order valence-electron chi connectivity index (χ3n) is 3.83. The van der Waals surface area contributed by atoms with Gasteiger partial charge in [-0.15, -0.1) is 0 Å². The highest BCUT2D eigenvalue weighted by atomic mass is 16.5. The second-order valence-electron chi connectivity index (χ2n) is 6.02. The first-order valence-electron chi connectivity index (χ1n) is 7.47. The number of rotatable bonds is 8. The van der Waals surface area contributed by atoms with E-state index in [0.717, 1.165) is 36.4 Å². The molecule has 0 aliphatic heterocycles. The standard InChI is InChI=1S/C17H28N2O2/c1-12(2)16(18)8-9-19(4)11-15-10-14(13(3)20)6-7-17(15)21-5/h6-7,10,12,16H,8-9,11,18H2,1-5H3. The maximum Gasteiger partial charge on any atom is 0.159 e. The highest BCUT2D eigenvalue weighted by Crippen LogP contribution is 2.22. The summed E-state index contributed by atoms with van der Waals surface area (Å²) in [5.74, 6) is 1.39. The molecule has 118 valence electrons. The summed E-state index contributed by atoms with van der Waals surface area (Å²) < 4.78 is 5.38. The molecule has 0 radical (unpaired) electrons. The van der Waals surface area contributed by atoms with Crippen molar-refractivity contribution in [3.8, 4) is 5.75 Å². The van der Waals surface area contributed by atoms with E-state index in [2.05, 4.69) is 25.8 Å². The van der Waals surface area contributed by atoms with Crippen LogP contribution in [0.25, 0.3) is 0 Å². The van der Waals surface area contributed by atoms with Crippen LogP contribution >= 0.6 is 0 Å². The Labute approximate surface area is 128 Å². The molecule has 0 heterocycles. The molecular formula is C17H28N2O2. The number of Topliss-reactive ketones (excluding diaryl/α,β-unsaturated/α-hetero) is 1. The molecule has 2 N–H and O–H groups in total. The Kier molecular flexibility index (Phi) is 6.85. The van der Waals surface area contributed by atoms with Crippen LogP contribution in [0.4, 0.5) is 0 Å². The van der Waals surface area contributed by atoms with Crippen LogP contribution in [0, 0.1) is 5.92 Å². The molecule has 0 fully saturated rings. The predicted molar refractivity (Wildman–Crippen MR) is 86.8 cm³/mol. The van der Waals surface area contributed by atoms with E-state index in [1.54, 1.807) is 20.1 Å². The van der Waals surface area contributed by atoms with Crippen LogP contribution in [0.1, 0.15) is 43.1 Å². The average molecular weight is 292 g/mol. The van der Waals surface area contributed by atoms with Gasteiger partial charge in [0.25, 0.3) is 0 Å². The molecule has 0 aromatic heterocycles. The molecule has 0 spiro atoms. The van der Waals surface area contributed by atoms with E-state index in [9.17, 15) is 4.79 Å². The van der Waals surface area contributed by atoms with Gasteiger partial charge in [-0.2, -0.15) is 0 Å². The molecule has 0 amide bonds. The van der Waals surface area contributed by atoms with Crippen LogP contribution in [0.15, 0.2) is 18.2 Å². The molecule has 0 bridgehead atoms. The summed E-state index contributed by atoms with van der Waals surface area (Å²) in [5, 5.41) is 0. The van der Waals surface area contributed by atoms with E-state index in [-0.39, 0.29) is 11.8 Å². The topological polar surface area (TPSA) is 55.6 Å². The SMILES string of the molecule is COc1ccc(C(C)=O)cc1CN(C)CCC(N)C(C)C. The minimum absolute atomic E-state index is 0.0726. The third kappa shape index (κ3) is 5.48. The molecule has 0 aliphatic rings. The van der Waals surface area contributed by atoms with Gasteiger partial charge in [0.15, 0.2) is 5.78 Å². The van der Waals surface area contributed by atoms with Gasteiger partial charge in [-0.25, -0.2) is 0 Å². The van der Waals surface area contributed by atoms with Crippen LogP contribution in [-0.4, -0.2) is 37.4 Å². The minimum atomic E-state index is 0.0726. The zero-order valence-electron chi connectivity index (χ0n) is 13.8. The van der Waals surface area contributed by atoms with Gasteiger partial charge in [0.2, 0.25) is 0 Å². The second-order valence-corrected chi connectivity index (χ2v) is 6.02. The molecule has 4 heteroatoms. The molecule has 4 nitrogen and oxygen atoms in total. The molecule has 0 saturated carbocycles. The number of carbonyl (C=O) groups is 1. The first-order valence-corrected chi connectivity index (χ1v) is 7.47. The number of hydrogen-bond acceptors (Lipinski definition) is 4. The molecule has 0 saturated heterocycles. The van der Waals surface area contributed by atoms with Crippen molar-refractivity contribution in [3.05, 3.63) is 29.3 Å². The van der Waals surface area contributed by atoms with Crippen LogP contribution in [0.5, 0.6) is 5.75 Å². The van der Waals surface area contributed by atoms with E-state index < -0.39 is 0 Å². The van der Waals surface area contributed by atoms with Gasteiger partial charge in [0.1, 0.15) is 5.75 Å². The fourth-order valence-corrected chi connectivity index (χ4v) is 2.19. The van der Waals surface area contributed by atoms with E-state index in [0.29, 0.717) is 5.92 Å². The summed E-state index contributed by atoms with van der Waals surface area (Å²) in [6.07, 6.45) is 0.961. The van der Waals surface area contributed by atoms with Gasteiger partial charge in [-0.3, -0.25) is 4.79 Å². The van der Waals surface area contributed by atoms with E-state index >= 15 is 0 Å². The molecule has 1 aromatic carbocycles. The summed E-state index contributed by atoms with van der Waals surface area (Å²) in [6.45, 7) is 7.53. The summed E-state index contributed by atoms with van der Waals surface area (Å²) in [7, 11) is 3.72. The lowest BCUT2D eigenvalue weighted by Crippen LogP contribution is -2.31. The van der Waals surface area contributed by atoms with Crippen molar-refractivity contribution < 1.29 is 9.53 Å². The van der Waals surface area contributed by atoms with Gasteiger partial charge < -0.3 is 15.4 Å². The quantitative estimate of drug-likeness (QED) is 0.749. The number of hydrogen-bond donors (Lipinski definition) is 1. The normalized spacial score (nSPS) is 12.8. The highest BCUT2D eigenvalue weighted by molar-refractivity contribution is 5.94. The van der Waals surface area contributed by atoms with Crippen LogP contribution < -0.4 is 10.5 Å². The fraction of sp³-hybridized carbons (Fsp3) is 0.588. The van der Waals surface area contributed by atoms with Gasteiger partial charge in [-0.1, -0.05) is 13.8 Å².